The molecule has 3 N–H and O–H groups in total. The van der Waals surface area contributed by atoms with Gasteiger partial charge < -0.3 is 20.9 Å². The Kier molecular flexibility index (Phi) is 9.48. The van der Waals surface area contributed by atoms with Crippen LogP contribution in [0.3, 0.4) is 0 Å². The van der Waals surface area contributed by atoms with Crippen LogP contribution in [0, 0.1) is 17.4 Å². The van der Waals surface area contributed by atoms with E-state index in [0.717, 1.165) is 42.9 Å². The van der Waals surface area contributed by atoms with Crippen molar-refractivity contribution < 1.29 is 4.79 Å². The number of carbonyl (C=O) groups is 1. The van der Waals surface area contributed by atoms with Gasteiger partial charge in [0.1, 0.15) is 0 Å². The van der Waals surface area contributed by atoms with Crippen molar-refractivity contribution in [2.45, 2.75) is 45.6 Å². The normalized spacial score (nSPS) is 15.2. The summed E-state index contributed by atoms with van der Waals surface area (Å²) in [7, 11) is 0. The minimum Gasteiger partial charge on any atom is -0.369 e. The minimum absolute atomic E-state index is 0.0134. The second kappa shape index (κ2) is 12.8. The minimum atomic E-state index is -0.216. The predicted octanol–water partition coefficient (Wildman–Crippen LogP) is 3.97. The average molecular weight is 461 g/mol. The zero-order chi connectivity index (χ0) is 24.3. The maximum atomic E-state index is 12.9. The van der Waals surface area contributed by atoms with Crippen molar-refractivity contribution in [3.8, 4) is 17.3 Å². The molecule has 34 heavy (non-hydrogen) atoms. The van der Waals surface area contributed by atoms with Gasteiger partial charge in [-0.15, -0.1) is 4.99 Å². The highest BCUT2D eigenvalue weighted by Crippen LogP contribution is 2.27. The Hall–Kier alpha value is -3.37. The third-order valence-corrected chi connectivity index (χ3v) is 6.14. The summed E-state index contributed by atoms with van der Waals surface area (Å²) in [4.78, 5) is 20.9. The second-order valence-corrected chi connectivity index (χ2v) is 9.24. The van der Waals surface area contributed by atoms with E-state index in [1.54, 1.807) is 6.19 Å². The number of hydrogen-bond donors (Lipinski definition) is 2. The van der Waals surface area contributed by atoms with E-state index in [1.807, 2.05) is 47.4 Å². The third-order valence-electron chi connectivity index (χ3n) is 6.14. The number of carbonyl (C=O) groups excluding carboxylic acids is 1. The Labute approximate surface area is 203 Å². The average Bonchev–Trinajstić information content (AvgIpc) is 3.33. The molecule has 1 heterocycles. The first kappa shape index (κ1) is 25.3. The van der Waals surface area contributed by atoms with Crippen LogP contribution in [0.1, 0.15) is 39.5 Å². The zero-order valence-corrected chi connectivity index (χ0v) is 20.3. The van der Waals surface area contributed by atoms with Crippen molar-refractivity contribution in [3.05, 3.63) is 54.6 Å². The smallest absolute Gasteiger partial charge is 0.222 e. The number of guanidine groups is 1. The summed E-state index contributed by atoms with van der Waals surface area (Å²) in [6.45, 7) is 7.97. The van der Waals surface area contributed by atoms with Gasteiger partial charge >= 0.3 is 0 Å². The second-order valence-electron chi connectivity index (χ2n) is 9.24. The van der Waals surface area contributed by atoms with Gasteiger partial charge in [0, 0.05) is 31.2 Å². The molecule has 0 spiro atoms. The van der Waals surface area contributed by atoms with Crippen LogP contribution < -0.4 is 16.0 Å². The molecule has 1 aliphatic heterocycles. The first-order chi connectivity index (χ1) is 16.5. The maximum absolute atomic E-state index is 12.9. The fourth-order valence-electron chi connectivity index (χ4n) is 4.55. The van der Waals surface area contributed by atoms with Crippen LogP contribution in [0.4, 0.5) is 5.69 Å². The first-order valence-corrected chi connectivity index (χ1v) is 12.1. The Morgan fingerprint density at radius 2 is 1.76 bits per heavy atom. The number of nitrogens with zero attached hydrogens (tertiary/aromatic N) is 4. The molecule has 0 aromatic heterocycles. The van der Waals surface area contributed by atoms with Crippen molar-refractivity contribution in [1.29, 1.82) is 5.26 Å². The molecule has 1 aliphatic rings. The van der Waals surface area contributed by atoms with Gasteiger partial charge in [-0.25, -0.2) is 0 Å². The van der Waals surface area contributed by atoms with Crippen molar-refractivity contribution >= 4 is 17.6 Å². The Bertz CT molecular complexity index is 974. The number of nitriles is 1. The van der Waals surface area contributed by atoms with Crippen molar-refractivity contribution in [2.75, 3.05) is 31.1 Å². The van der Waals surface area contributed by atoms with E-state index >= 15 is 0 Å². The Balaban J connectivity index is 1.77. The topological polar surface area (TPSA) is 97.8 Å². The molecule has 2 aromatic rings. The lowest BCUT2D eigenvalue weighted by molar-refractivity contribution is -0.121. The molecule has 1 amide bonds. The lowest BCUT2D eigenvalue weighted by Crippen LogP contribution is -2.48. The van der Waals surface area contributed by atoms with Gasteiger partial charge in [-0.3, -0.25) is 4.79 Å². The lowest BCUT2D eigenvalue weighted by atomic mass is 9.98. The standard InChI is InChI=1S/C27H36N6O/c1-21(2)18-25(19-26(34)30-14-17-32-15-6-7-16-32)33(27(29)31-20-28)24-12-10-23(11-13-24)22-8-4-3-5-9-22/h3-5,8-13,21,25H,6-7,14-19H2,1-2H3,(H2,29,31)(H,30,34)/t25-/m0/s1. The van der Waals surface area contributed by atoms with E-state index in [1.165, 1.54) is 12.8 Å². The van der Waals surface area contributed by atoms with Crippen molar-refractivity contribution in [2.24, 2.45) is 16.6 Å². The van der Waals surface area contributed by atoms with Crippen molar-refractivity contribution in [1.82, 2.24) is 10.2 Å². The zero-order valence-electron chi connectivity index (χ0n) is 20.3. The maximum Gasteiger partial charge on any atom is 0.222 e. The molecule has 3 rings (SSSR count). The summed E-state index contributed by atoms with van der Waals surface area (Å²) in [6, 6.07) is 17.9. The molecule has 0 aliphatic carbocycles. The summed E-state index contributed by atoms with van der Waals surface area (Å²) < 4.78 is 0. The molecule has 1 saturated heterocycles. The van der Waals surface area contributed by atoms with Gasteiger partial charge in [0.05, 0.1) is 0 Å². The quantitative estimate of drug-likeness (QED) is 0.318. The summed E-state index contributed by atoms with van der Waals surface area (Å²) in [6.07, 6.45) is 5.29. The van der Waals surface area contributed by atoms with E-state index in [2.05, 4.69) is 41.2 Å². The van der Waals surface area contributed by atoms with Crippen LogP contribution in [-0.4, -0.2) is 49.0 Å². The SMILES string of the molecule is CC(C)C[C@@H](CC(=O)NCCN1CCCC1)N(C(N)=NC#N)c1ccc(-c2ccccc2)cc1. The molecule has 0 bridgehead atoms. The van der Waals surface area contributed by atoms with Crippen LogP contribution in [-0.2, 0) is 4.79 Å². The first-order valence-electron chi connectivity index (χ1n) is 12.1. The Morgan fingerprint density at radius 1 is 1.12 bits per heavy atom. The number of amides is 1. The molecule has 1 fully saturated rings. The number of likely N-dealkylation sites (tertiary alicyclic amines) is 1. The number of rotatable bonds is 10. The summed E-state index contributed by atoms with van der Waals surface area (Å²) in [5.74, 6) is 0.425. The predicted molar refractivity (Wildman–Crippen MR) is 138 cm³/mol. The molecule has 0 saturated carbocycles. The van der Waals surface area contributed by atoms with Gasteiger partial charge in [-0.1, -0.05) is 56.3 Å². The molecule has 180 valence electrons. The largest absolute Gasteiger partial charge is 0.369 e. The highest BCUT2D eigenvalue weighted by atomic mass is 16.1. The number of aliphatic imine (C=N–C) groups is 1. The van der Waals surface area contributed by atoms with Gasteiger partial charge in [0.2, 0.25) is 18.1 Å². The van der Waals surface area contributed by atoms with Crippen LogP contribution >= 0.6 is 0 Å². The molecular weight excluding hydrogens is 424 g/mol. The van der Waals surface area contributed by atoms with E-state index in [4.69, 9.17) is 11.0 Å². The molecule has 7 heteroatoms. The van der Waals surface area contributed by atoms with Crippen LogP contribution in [0.5, 0.6) is 0 Å². The molecule has 2 aromatic carbocycles. The Morgan fingerprint density at radius 3 is 2.38 bits per heavy atom. The van der Waals surface area contributed by atoms with Gasteiger partial charge in [0.25, 0.3) is 0 Å². The number of nitrogens with two attached hydrogens (primary N) is 1. The van der Waals surface area contributed by atoms with E-state index in [0.29, 0.717) is 12.5 Å². The molecule has 0 radical (unpaired) electrons. The van der Waals surface area contributed by atoms with Gasteiger partial charge in [-0.05, 0) is 61.5 Å². The fraction of sp³-hybridized carbons (Fsp3) is 0.444. The molecule has 0 unspecified atom stereocenters. The third kappa shape index (κ3) is 7.32. The molecule has 7 nitrogen and oxygen atoms in total. The molecule has 1 atom stereocenters. The number of anilines is 1. The van der Waals surface area contributed by atoms with E-state index in [-0.39, 0.29) is 24.3 Å². The number of hydrogen-bond acceptors (Lipinski definition) is 4. The van der Waals surface area contributed by atoms with Gasteiger partial charge in [0.15, 0.2) is 0 Å². The molecular formula is C27H36N6O. The van der Waals surface area contributed by atoms with Crippen LogP contribution in [0.2, 0.25) is 0 Å². The van der Waals surface area contributed by atoms with Crippen molar-refractivity contribution in [3.63, 3.8) is 0 Å². The van der Waals surface area contributed by atoms with E-state index in [9.17, 15) is 4.79 Å². The van der Waals surface area contributed by atoms with E-state index < -0.39 is 0 Å². The van der Waals surface area contributed by atoms with Crippen LogP contribution in [0.15, 0.2) is 59.6 Å². The fourth-order valence-corrected chi connectivity index (χ4v) is 4.55. The summed E-state index contributed by atoms with van der Waals surface area (Å²) in [5.41, 5.74) is 9.28. The highest BCUT2D eigenvalue weighted by Gasteiger charge is 2.26. The summed E-state index contributed by atoms with van der Waals surface area (Å²) in [5, 5.41) is 12.2. The van der Waals surface area contributed by atoms with Crippen LogP contribution in [0.25, 0.3) is 11.1 Å². The lowest BCUT2D eigenvalue weighted by Gasteiger charge is -2.33. The summed E-state index contributed by atoms with van der Waals surface area (Å²) >= 11 is 0. The van der Waals surface area contributed by atoms with Gasteiger partial charge in [-0.2, -0.15) is 5.26 Å². The monoisotopic (exact) mass is 460 g/mol. The highest BCUT2D eigenvalue weighted by molar-refractivity contribution is 5.97. The number of benzene rings is 2. The number of nitrogens with one attached hydrogen (secondary N) is 1.